The van der Waals surface area contributed by atoms with E-state index < -0.39 is 0 Å². The van der Waals surface area contributed by atoms with E-state index in [1.165, 1.54) is 0 Å². The molecule has 1 unspecified atom stereocenters. The molecule has 1 aromatic rings. The van der Waals surface area contributed by atoms with Crippen LogP contribution in [0.3, 0.4) is 0 Å². The van der Waals surface area contributed by atoms with E-state index in [4.69, 9.17) is 0 Å². The molecule has 0 bridgehead atoms. The van der Waals surface area contributed by atoms with Crippen molar-refractivity contribution < 1.29 is 4.92 Å². The monoisotopic (exact) mass is 264 g/mol. The Labute approximate surface area is 113 Å². The number of nitrogens with zero attached hydrogens (tertiary/aromatic N) is 3. The van der Waals surface area contributed by atoms with Gasteiger partial charge in [-0.05, 0) is 32.4 Å². The lowest BCUT2D eigenvalue weighted by atomic mass is 10.2. The molecule has 1 atom stereocenters. The Morgan fingerprint density at radius 2 is 2.37 bits per heavy atom. The zero-order chi connectivity index (χ0) is 13.8. The van der Waals surface area contributed by atoms with Gasteiger partial charge in [0.05, 0.1) is 4.92 Å². The molecule has 1 saturated heterocycles. The molecule has 0 amide bonds. The Morgan fingerprint density at radius 1 is 1.58 bits per heavy atom. The summed E-state index contributed by atoms with van der Waals surface area (Å²) in [6.07, 6.45) is 1.95. The van der Waals surface area contributed by atoms with Gasteiger partial charge in [-0.3, -0.25) is 10.1 Å². The third-order valence-electron chi connectivity index (χ3n) is 3.40. The van der Waals surface area contributed by atoms with Gasteiger partial charge in [0.2, 0.25) is 5.82 Å². The van der Waals surface area contributed by atoms with Crippen LogP contribution in [0, 0.1) is 17.0 Å². The number of hydrogen-bond acceptors (Lipinski definition) is 5. The van der Waals surface area contributed by atoms with E-state index in [9.17, 15) is 10.1 Å². The molecule has 1 aliphatic heterocycles. The van der Waals surface area contributed by atoms with Crippen LogP contribution >= 0.6 is 0 Å². The quantitative estimate of drug-likeness (QED) is 0.649. The van der Waals surface area contributed by atoms with Crippen LogP contribution in [0.1, 0.15) is 25.5 Å². The van der Waals surface area contributed by atoms with Gasteiger partial charge in [0.15, 0.2) is 0 Å². The van der Waals surface area contributed by atoms with Gasteiger partial charge >= 0.3 is 5.69 Å². The fourth-order valence-corrected chi connectivity index (χ4v) is 2.50. The van der Waals surface area contributed by atoms with Crippen molar-refractivity contribution in [3.8, 4) is 0 Å². The molecule has 6 nitrogen and oxygen atoms in total. The van der Waals surface area contributed by atoms with E-state index in [0.717, 1.165) is 38.2 Å². The molecule has 0 aromatic carbocycles. The van der Waals surface area contributed by atoms with E-state index in [-0.39, 0.29) is 10.6 Å². The first-order chi connectivity index (χ1) is 9.13. The average Bonchev–Trinajstić information content (AvgIpc) is 2.89. The van der Waals surface area contributed by atoms with Crippen LogP contribution in [0.15, 0.2) is 12.1 Å². The summed E-state index contributed by atoms with van der Waals surface area (Å²) < 4.78 is 0. The van der Waals surface area contributed by atoms with E-state index in [0.29, 0.717) is 11.9 Å². The summed E-state index contributed by atoms with van der Waals surface area (Å²) in [6.45, 7) is 6.57. The minimum atomic E-state index is -0.340. The summed E-state index contributed by atoms with van der Waals surface area (Å²) in [6, 6.07) is 3.55. The van der Waals surface area contributed by atoms with Gasteiger partial charge in [-0.25, -0.2) is 4.98 Å². The molecule has 0 saturated carbocycles. The molecular weight excluding hydrogens is 244 g/mol. The molecule has 2 rings (SSSR count). The summed E-state index contributed by atoms with van der Waals surface area (Å²) in [5, 5.41) is 14.5. The van der Waals surface area contributed by atoms with Crippen LogP contribution in [-0.2, 0) is 0 Å². The highest BCUT2D eigenvalue weighted by Crippen LogP contribution is 2.29. The Morgan fingerprint density at radius 3 is 2.95 bits per heavy atom. The lowest BCUT2D eigenvalue weighted by Crippen LogP contribution is -2.38. The highest BCUT2D eigenvalue weighted by molar-refractivity contribution is 5.59. The van der Waals surface area contributed by atoms with Gasteiger partial charge in [0.1, 0.15) is 0 Å². The number of nitro groups is 1. The molecule has 1 aliphatic rings. The average molecular weight is 264 g/mol. The molecular formula is C13H20N4O2. The number of nitrogens with one attached hydrogen (secondary N) is 1. The fraction of sp³-hybridized carbons (Fsp3) is 0.615. The molecule has 1 fully saturated rings. The minimum absolute atomic E-state index is 0.103. The van der Waals surface area contributed by atoms with Crippen molar-refractivity contribution in [2.75, 3.05) is 24.5 Å². The minimum Gasteiger partial charge on any atom is -0.347 e. The van der Waals surface area contributed by atoms with Crippen LogP contribution in [-0.4, -0.2) is 35.6 Å². The predicted octanol–water partition coefficient (Wildman–Crippen LogP) is 1.88. The fourth-order valence-electron chi connectivity index (χ4n) is 2.50. The third kappa shape index (κ3) is 3.01. The zero-order valence-corrected chi connectivity index (χ0v) is 11.4. The summed E-state index contributed by atoms with van der Waals surface area (Å²) in [7, 11) is 0. The maximum absolute atomic E-state index is 11.2. The molecule has 1 N–H and O–H groups in total. The number of aryl methyl sites for hydroxylation is 1. The highest BCUT2D eigenvalue weighted by Gasteiger charge is 2.28. The maximum Gasteiger partial charge on any atom is 0.311 e. The van der Waals surface area contributed by atoms with E-state index in [1.807, 2.05) is 6.92 Å². The Balaban J connectivity index is 2.39. The third-order valence-corrected chi connectivity index (χ3v) is 3.40. The van der Waals surface area contributed by atoms with E-state index in [2.05, 4.69) is 22.1 Å². The standard InChI is InChI=1S/C13H20N4O2/c1-3-8-16(11-6-7-14-9-11)13-12(17(18)19)5-4-10(2)15-13/h4-5,11,14H,3,6-9H2,1-2H3. The van der Waals surface area contributed by atoms with Crippen molar-refractivity contribution >= 4 is 11.5 Å². The first kappa shape index (κ1) is 13.7. The molecule has 104 valence electrons. The molecule has 19 heavy (non-hydrogen) atoms. The van der Waals surface area contributed by atoms with Gasteiger partial charge in [-0.15, -0.1) is 0 Å². The molecule has 0 aliphatic carbocycles. The second kappa shape index (κ2) is 5.97. The molecule has 0 spiro atoms. The number of anilines is 1. The van der Waals surface area contributed by atoms with Crippen LogP contribution in [0.2, 0.25) is 0 Å². The number of rotatable bonds is 5. The smallest absolute Gasteiger partial charge is 0.311 e. The van der Waals surface area contributed by atoms with Gasteiger partial charge in [0, 0.05) is 30.9 Å². The summed E-state index contributed by atoms with van der Waals surface area (Å²) in [4.78, 5) is 17.3. The Hall–Kier alpha value is -1.69. The molecule has 0 radical (unpaired) electrons. The second-order valence-corrected chi connectivity index (χ2v) is 4.89. The predicted molar refractivity (Wildman–Crippen MR) is 74.5 cm³/mol. The Kier molecular flexibility index (Phi) is 4.31. The number of pyridine rings is 1. The van der Waals surface area contributed by atoms with E-state index in [1.54, 1.807) is 12.1 Å². The topological polar surface area (TPSA) is 71.3 Å². The first-order valence-corrected chi connectivity index (χ1v) is 6.73. The van der Waals surface area contributed by atoms with Crippen molar-refractivity contribution in [1.29, 1.82) is 0 Å². The molecule has 6 heteroatoms. The van der Waals surface area contributed by atoms with Crippen molar-refractivity contribution in [2.24, 2.45) is 0 Å². The number of aromatic nitrogens is 1. The summed E-state index contributed by atoms with van der Waals surface area (Å²) >= 11 is 0. The molecule has 1 aromatic heterocycles. The van der Waals surface area contributed by atoms with Crippen LogP contribution < -0.4 is 10.2 Å². The maximum atomic E-state index is 11.2. The first-order valence-electron chi connectivity index (χ1n) is 6.73. The largest absolute Gasteiger partial charge is 0.347 e. The summed E-state index contributed by atoms with van der Waals surface area (Å²) in [5.41, 5.74) is 0.915. The van der Waals surface area contributed by atoms with E-state index >= 15 is 0 Å². The number of hydrogen-bond donors (Lipinski definition) is 1. The van der Waals surface area contributed by atoms with Crippen LogP contribution in [0.25, 0.3) is 0 Å². The Bertz CT molecular complexity index is 458. The van der Waals surface area contributed by atoms with Gasteiger partial charge < -0.3 is 10.2 Å². The van der Waals surface area contributed by atoms with Crippen molar-refractivity contribution in [2.45, 2.75) is 32.7 Å². The lowest BCUT2D eigenvalue weighted by Gasteiger charge is -2.29. The van der Waals surface area contributed by atoms with Crippen molar-refractivity contribution in [3.63, 3.8) is 0 Å². The van der Waals surface area contributed by atoms with Crippen LogP contribution in [0.4, 0.5) is 11.5 Å². The van der Waals surface area contributed by atoms with Crippen LogP contribution in [0.5, 0.6) is 0 Å². The summed E-state index contributed by atoms with van der Waals surface area (Å²) in [5.74, 6) is 0.514. The van der Waals surface area contributed by atoms with Gasteiger partial charge in [0.25, 0.3) is 0 Å². The lowest BCUT2D eigenvalue weighted by molar-refractivity contribution is -0.384. The molecule has 2 heterocycles. The second-order valence-electron chi connectivity index (χ2n) is 4.89. The highest BCUT2D eigenvalue weighted by atomic mass is 16.6. The normalized spacial score (nSPS) is 18.5. The zero-order valence-electron chi connectivity index (χ0n) is 11.4. The SMILES string of the molecule is CCCN(c1nc(C)ccc1[N+](=O)[O-])C1CCNC1. The van der Waals surface area contributed by atoms with Gasteiger partial charge in [-0.1, -0.05) is 6.92 Å². The van der Waals surface area contributed by atoms with Gasteiger partial charge in [-0.2, -0.15) is 0 Å². The van der Waals surface area contributed by atoms with Crippen molar-refractivity contribution in [3.05, 3.63) is 27.9 Å². The van der Waals surface area contributed by atoms with Crippen molar-refractivity contribution in [1.82, 2.24) is 10.3 Å².